The molecule has 1 aliphatic heterocycles. The van der Waals surface area contributed by atoms with E-state index in [2.05, 4.69) is 5.32 Å². The minimum atomic E-state index is -5.08. The summed E-state index contributed by atoms with van der Waals surface area (Å²) in [4.78, 5) is 61.7. The van der Waals surface area contributed by atoms with E-state index in [0.717, 1.165) is 16.0 Å². The molecule has 1 heterocycles. The third-order valence-corrected chi connectivity index (χ3v) is 7.96. The van der Waals surface area contributed by atoms with Crippen LogP contribution in [0.3, 0.4) is 0 Å². The second kappa shape index (κ2) is 17.9. The lowest BCUT2D eigenvalue weighted by atomic mass is 9.91. The van der Waals surface area contributed by atoms with Gasteiger partial charge in [-0.15, -0.1) is 0 Å². The standard InChI is InChI=1S/C36H32ClN3O5.C2HF3O2/c37-27-15-13-24(14-16-27)19-26(34(42)39-17-18-40-35(43)32-11-4-5-12-33(32)36(40)44)22-28(38)23-29(41)20-25-7-6-10-31(21-25)45-30-8-2-1-3-9-30;3-2(4,5)1(6)7/h1-16,21,26,38H,17-20,22-23H2,(H,39,42);(H,6,7)/t26-;/m1./s1. The topological polar surface area (TPSA) is 154 Å². The van der Waals surface area contributed by atoms with Crippen molar-refractivity contribution < 1.29 is 47.0 Å². The lowest BCUT2D eigenvalue weighted by Crippen LogP contribution is -2.40. The summed E-state index contributed by atoms with van der Waals surface area (Å²) < 4.78 is 37.6. The Morgan fingerprint density at radius 3 is 2.00 bits per heavy atom. The summed E-state index contributed by atoms with van der Waals surface area (Å²) >= 11 is 6.04. The first-order chi connectivity index (χ1) is 24.7. The number of fused-ring (bicyclic) bond motifs is 1. The number of benzene rings is 4. The highest BCUT2D eigenvalue weighted by Gasteiger charge is 2.38. The quantitative estimate of drug-likeness (QED) is 0.0936. The molecule has 0 radical (unpaired) electrons. The Morgan fingerprint density at radius 1 is 0.827 bits per heavy atom. The molecule has 14 heteroatoms. The van der Waals surface area contributed by atoms with Crippen molar-refractivity contribution in [2.24, 2.45) is 5.92 Å². The van der Waals surface area contributed by atoms with Gasteiger partial charge in [0.2, 0.25) is 5.91 Å². The Balaban J connectivity index is 0.000000785. The third kappa shape index (κ3) is 11.4. The Kier molecular flexibility index (Phi) is 13.4. The summed E-state index contributed by atoms with van der Waals surface area (Å²) in [5.41, 5.74) is 2.47. The second-order valence-corrected chi connectivity index (χ2v) is 12.1. The SMILES string of the molecule is N=C(CC(=O)Cc1cccc(Oc2ccccc2)c1)C[C@@H](Cc1ccc(Cl)cc1)C(=O)NCCN1C(=O)c2ccccc2C1=O.O=C(O)C(F)(F)F. The van der Waals surface area contributed by atoms with Crippen molar-refractivity contribution in [2.75, 3.05) is 13.1 Å². The van der Waals surface area contributed by atoms with Gasteiger partial charge < -0.3 is 20.6 Å². The Morgan fingerprint density at radius 2 is 1.40 bits per heavy atom. The molecule has 0 unspecified atom stereocenters. The summed E-state index contributed by atoms with van der Waals surface area (Å²) in [6, 6.07) is 30.4. The van der Waals surface area contributed by atoms with Crippen LogP contribution >= 0.6 is 11.6 Å². The van der Waals surface area contributed by atoms with E-state index in [0.29, 0.717) is 34.1 Å². The van der Waals surface area contributed by atoms with E-state index in [1.165, 1.54) is 0 Å². The van der Waals surface area contributed by atoms with Crippen LogP contribution in [0.15, 0.2) is 103 Å². The molecule has 3 amide bonds. The summed E-state index contributed by atoms with van der Waals surface area (Å²) in [6.45, 7) is 0.0871. The van der Waals surface area contributed by atoms with Crippen LogP contribution in [0.5, 0.6) is 11.5 Å². The maximum atomic E-state index is 13.3. The van der Waals surface area contributed by atoms with E-state index >= 15 is 0 Å². The summed E-state index contributed by atoms with van der Waals surface area (Å²) in [6.07, 6.45) is -4.65. The molecule has 0 aliphatic carbocycles. The highest BCUT2D eigenvalue weighted by molar-refractivity contribution is 6.30. The number of halogens is 4. The average Bonchev–Trinajstić information content (AvgIpc) is 3.34. The Hall–Kier alpha value is -5.82. The molecule has 0 saturated carbocycles. The summed E-state index contributed by atoms with van der Waals surface area (Å²) in [7, 11) is 0. The number of rotatable bonds is 14. The second-order valence-electron chi connectivity index (χ2n) is 11.7. The van der Waals surface area contributed by atoms with Crippen LogP contribution in [0, 0.1) is 11.3 Å². The molecule has 1 atom stereocenters. The van der Waals surface area contributed by atoms with Gasteiger partial charge in [0.25, 0.3) is 11.8 Å². The maximum absolute atomic E-state index is 13.3. The minimum Gasteiger partial charge on any atom is -0.475 e. The number of aliphatic carboxylic acids is 1. The fourth-order valence-corrected chi connectivity index (χ4v) is 5.41. The zero-order chi connectivity index (χ0) is 37.8. The minimum absolute atomic E-state index is 0.0226. The number of carboxylic acids is 1. The molecule has 3 N–H and O–H groups in total. The predicted octanol–water partition coefficient (Wildman–Crippen LogP) is 6.95. The van der Waals surface area contributed by atoms with Crippen molar-refractivity contribution in [3.8, 4) is 11.5 Å². The van der Waals surface area contributed by atoms with Crippen LogP contribution in [0.25, 0.3) is 0 Å². The van der Waals surface area contributed by atoms with E-state index in [1.807, 2.05) is 60.7 Å². The number of hydrogen-bond donors (Lipinski definition) is 3. The summed E-state index contributed by atoms with van der Waals surface area (Å²) in [5.74, 6) is -3.35. The van der Waals surface area contributed by atoms with Gasteiger partial charge in [-0.1, -0.05) is 66.2 Å². The first-order valence-electron chi connectivity index (χ1n) is 15.9. The molecule has 0 spiro atoms. The van der Waals surface area contributed by atoms with E-state index in [9.17, 15) is 32.3 Å². The molecule has 4 aromatic carbocycles. The van der Waals surface area contributed by atoms with Gasteiger partial charge in [0.05, 0.1) is 11.1 Å². The summed E-state index contributed by atoms with van der Waals surface area (Å²) in [5, 5.41) is 19.1. The van der Waals surface area contributed by atoms with Crippen LogP contribution in [0.2, 0.25) is 5.02 Å². The Bertz CT molecular complexity index is 1900. The number of nitrogens with one attached hydrogen (secondary N) is 2. The van der Waals surface area contributed by atoms with E-state index in [4.69, 9.17) is 31.6 Å². The number of ether oxygens (including phenoxy) is 1. The van der Waals surface area contributed by atoms with E-state index in [1.54, 1.807) is 42.5 Å². The van der Waals surface area contributed by atoms with Gasteiger partial charge in [-0.05, 0) is 72.5 Å². The number of para-hydroxylation sites is 1. The van der Waals surface area contributed by atoms with Crippen molar-refractivity contribution in [2.45, 2.75) is 31.9 Å². The molecule has 1 aliphatic rings. The van der Waals surface area contributed by atoms with Crippen molar-refractivity contribution >= 4 is 46.8 Å². The lowest BCUT2D eigenvalue weighted by Gasteiger charge is -2.19. The first kappa shape index (κ1) is 39.0. The first-order valence-corrected chi connectivity index (χ1v) is 16.3. The van der Waals surface area contributed by atoms with Crippen molar-refractivity contribution in [3.63, 3.8) is 0 Å². The zero-order valence-corrected chi connectivity index (χ0v) is 28.2. The van der Waals surface area contributed by atoms with E-state index < -0.39 is 18.1 Å². The number of amides is 3. The van der Waals surface area contributed by atoms with Crippen molar-refractivity contribution in [3.05, 3.63) is 130 Å². The lowest BCUT2D eigenvalue weighted by molar-refractivity contribution is -0.192. The van der Waals surface area contributed by atoms with Gasteiger partial charge in [-0.3, -0.25) is 24.1 Å². The number of ketones is 1. The number of imide groups is 1. The van der Waals surface area contributed by atoms with Gasteiger partial charge in [0.15, 0.2) is 0 Å². The van der Waals surface area contributed by atoms with Gasteiger partial charge in [-0.2, -0.15) is 13.2 Å². The molecule has 4 aromatic rings. The van der Waals surface area contributed by atoms with Crippen LogP contribution in [0.1, 0.15) is 44.7 Å². The van der Waals surface area contributed by atoms with Crippen LogP contribution in [-0.2, 0) is 27.2 Å². The number of alkyl halides is 3. The number of Topliss-reactive ketones (excluding diaryl/α,β-unsaturated/α-hetero) is 1. The molecule has 0 aromatic heterocycles. The molecule has 0 bridgehead atoms. The smallest absolute Gasteiger partial charge is 0.475 e. The van der Waals surface area contributed by atoms with Crippen LogP contribution in [0.4, 0.5) is 13.2 Å². The van der Waals surface area contributed by atoms with Crippen molar-refractivity contribution in [1.29, 1.82) is 5.41 Å². The molecule has 0 saturated heterocycles. The molecule has 52 heavy (non-hydrogen) atoms. The maximum Gasteiger partial charge on any atom is 0.490 e. The number of nitrogens with zero attached hydrogens (tertiary/aromatic N) is 1. The molecule has 0 fully saturated rings. The average molecular weight is 736 g/mol. The largest absolute Gasteiger partial charge is 0.490 e. The number of hydrogen-bond acceptors (Lipinski definition) is 7. The molecular formula is C38H33ClF3N3O7. The third-order valence-electron chi connectivity index (χ3n) is 7.70. The van der Waals surface area contributed by atoms with Gasteiger partial charge >= 0.3 is 12.1 Å². The highest BCUT2D eigenvalue weighted by Crippen LogP contribution is 2.24. The molecular weight excluding hydrogens is 703 g/mol. The van der Waals surface area contributed by atoms with Gasteiger partial charge in [-0.25, -0.2) is 4.79 Å². The predicted molar refractivity (Wildman–Crippen MR) is 186 cm³/mol. The fraction of sp³-hybridized carbons (Fsp3) is 0.211. The van der Waals surface area contributed by atoms with Crippen LogP contribution in [-0.4, -0.2) is 64.5 Å². The van der Waals surface area contributed by atoms with Crippen LogP contribution < -0.4 is 10.1 Å². The molecule has 10 nitrogen and oxygen atoms in total. The number of carboxylic acid groups (broad SMARTS) is 1. The van der Waals surface area contributed by atoms with E-state index in [-0.39, 0.29) is 61.6 Å². The van der Waals surface area contributed by atoms with Crippen molar-refractivity contribution in [1.82, 2.24) is 10.2 Å². The fourth-order valence-electron chi connectivity index (χ4n) is 5.28. The monoisotopic (exact) mass is 735 g/mol. The normalized spacial score (nSPS) is 12.7. The van der Waals surface area contributed by atoms with Gasteiger partial charge in [0.1, 0.15) is 17.3 Å². The number of carbonyl (C=O) groups excluding carboxylic acids is 4. The number of carbonyl (C=O) groups is 5. The van der Waals surface area contributed by atoms with Gasteiger partial charge in [0, 0.05) is 42.6 Å². The highest BCUT2D eigenvalue weighted by atomic mass is 35.5. The zero-order valence-electron chi connectivity index (χ0n) is 27.5. The Labute approximate surface area is 301 Å². The molecule has 5 rings (SSSR count). The molecule has 270 valence electrons.